The second-order valence-corrected chi connectivity index (χ2v) is 16.0. The van der Waals surface area contributed by atoms with Crippen LogP contribution in [-0.4, -0.2) is 45.5 Å². The number of hydrogen-bond acceptors (Lipinski definition) is 8. The van der Waals surface area contributed by atoms with Crippen molar-refractivity contribution in [3.63, 3.8) is 0 Å². The number of aromatic nitrogens is 4. The molecule has 272 valence electrons. The van der Waals surface area contributed by atoms with Crippen LogP contribution in [0.4, 0.5) is 26.3 Å². The van der Waals surface area contributed by atoms with Crippen molar-refractivity contribution in [3.05, 3.63) is 112 Å². The van der Waals surface area contributed by atoms with E-state index in [1.165, 1.54) is 34.2 Å². The first-order valence-corrected chi connectivity index (χ1v) is 19.3. The van der Waals surface area contributed by atoms with Crippen LogP contribution < -0.4 is 0 Å². The van der Waals surface area contributed by atoms with Crippen LogP contribution in [0.25, 0.3) is 32.5 Å². The Kier molecular flexibility index (Phi) is 12.4. The van der Waals surface area contributed by atoms with Gasteiger partial charge in [-0.1, -0.05) is 53.5 Å². The van der Waals surface area contributed by atoms with Gasteiger partial charge in [-0.05, 0) is 60.0 Å². The summed E-state index contributed by atoms with van der Waals surface area (Å²) in [6.45, 7) is 0. The molecule has 0 amide bonds. The van der Waals surface area contributed by atoms with E-state index in [-0.39, 0.29) is 25.5 Å². The molecule has 0 bridgehead atoms. The summed E-state index contributed by atoms with van der Waals surface area (Å²) in [5, 5.41) is 9.56. The zero-order valence-corrected chi connectivity index (χ0v) is 30.0. The molecule has 6 rings (SSSR count). The Morgan fingerprint density at radius 3 is 1.43 bits per heavy atom. The van der Waals surface area contributed by atoms with E-state index in [0.717, 1.165) is 22.9 Å². The standard InChI is InChI=1S/C14H8ClF3N2O3S2.C14H8ClF3N2S.ClHO3S/c15-8-3-1-2-4-9(8)20-10(7-12(19-20)14(16,17)18)11-5-6-13(24-11)25(21,22)23;15-9-4-1-2-5-10(9)20-11(12-6-3-7-21-12)8-13(19-20)14(16,17)18;1-5(2,3)4/h1-7H,(H,21,22,23);1-8H;(H,2,3,4). The Hall–Kier alpha value is -3.47. The lowest BCUT2D eigenvalue weighted by molar-refractivity contribution is -0.142. The number of benzene rings is 2. The molecule has 51 heavy (non-hydrogen) atoms. The number of hydrogen-bond donors (Lipinski definition) is 2. The summed E-state index contributed by atoms with van der Waals surface area (Å²) in [6, 6.07) is 20.6. The second-order valence-electron chi connectivity index (χ2n) is 9.53. The van der Waals surface area contributed by atoms with Gasteiger partial charge in [-0.25, -0.2) is 9.36 Å². The molecule has 4 aromatic heterocycles. The van der Waals surface area contributed by atoms with Crippen LogP contribution in [0.15, 0.2) is 94.5 Å². The predicted molar refractivity (Wildman–Crippen MR) is 181 cm³/mol. The van der Waals surface area contributed by atoms with E-state index in [1.54, 1.807) is 53.9 Å². The third kappa shape index (κ3) is 10.8. The second kappa shape index (κ2) is 15.6. The first kappa shape index (κ1) is 40.3. The van der Waals surface area contributed by atoms with Gasteiger partial charge in [-0.15, -0.1) is 22.7 Å². The molecule has 0 saturated carbocycles. The maximum absolute atomic E-state index is 13.1. The number of rotatable bonds is 5. The van der Waals surface area contributed by atoms with E-state index in [2.05, 4.69) is 20.9 Å². The smallest absolute Gasteiger partial charge is 0.281 e. The van der Waals surface area contributed by atoms with Gasteiger partial charge in [0, 0.05) is 10.7 Å². The SMILES string of the molecule is FC(F)(F)c1cc(-c2cccs2)n(-c2ccccc2Cl)n1.O=S(=O)(O)Cl.O=S(=O)(O)c1ccc(-c2cc(C(F)(F)F)nn2-c2ccccc2Cl)s1. The van der Waals surface area contributed by atoms with Crippen molar-refractivity contribution in [2.45, 2.75) is 16.6 Å². The minimum Gasteiger partial charge on any atom is -0.281 e. The number of thiophene rings is 2. The Balaban J connectivity index is 0.000000204. The largest absolute Gasteiger partial charge is 0.435 e. The van der Waals surface area contributed by atoms with Crippen molar-refractivity contribution in [2.24, 2.45) is 0 Å². The minimum absolute atomic E-state index is 0.000301. The lowest BCUT2D eigenvalue weighted by Crippen LogP contribution is -2.07. The molecule has 10 nitrogen and oxygen atoms in total. The Morgan fingerprint density at radius 2 is 1.08 bits per heavy atom. The summed E-state index contributed by atoms with van der Waals surface area (Å²) >= 11 is 14.1. The Bertz CT molecular complexity index is 2350. The molecule has 2 aromatic carbocycles. The van der Waals surface area contributed by atoms with E-state index >= 15 is 0 Å². The van der Waals surface area contributed by atoms with Crippen molar-refractivity contribution in [3.8, 4) is 32.5 Å². The Labute approximate surface area is 307 Å². The highest BCUT2D eigenvalue weighted by molar-refractivity contribution is 8.09. The molecule has 0 saturated heterocycles. The molecule has 0 unspecified atom stereocenters. The number of alkyl halides is 6. The fraction of sp³-hybridized carbons (Fsp3) is 0.0714. The van der Waals surface area contributed by atoms with Crippen molar-refractivity contribution < 1.29 is 52.3 Å². The third-order valence-corrected chi connectivity index (χ3v) is 9.98. The van der Waals surface area contributed by atoms with Crippen molar-refractivity contribution in [1.82, 2.24) is 19.6 Å². The van der Waals surface area contributed by atoms with Crippen LogP contribution in [0.3, 0.4) is 0 Å². The molecule has 0 fully saturated rings. The van der Waals surface area contributed by atoms with E-state index in [9.17, 15) is 34.8 Å². The van der Waals surface area contributed by atoms with Gasteiger partial charge >= 0.3 is 31.8 Å². The van der Waals surface area contributed by atoms with Gasteiger partial charge < -0.3 is 0 Å². The monoisotopic (exact) mass is 852 g/mol. The minimum atomic E-state index is -4.69. The first-order valence-electron chi connectivity index (χ1n) is 13.2. The molecule has 0 aliphatic carbocycles. The zero-order chi connectivity index (χ0) is 37.9. The quantitative estimate of drug-likeness (QED) is 0.0991. The molecule has 6 aromatic rings. The van der Waals surface area contributed by atoms with Crippen LogP contribution in [0.2, 0.25) is 10.0 Å². The maximum atomic E-state index is 13.1. The van der Waals surface area contributed by atoms with Crippen molar-refractivity contribution >= 4 is 76.0 Å². The molecule has 23 heteroatoms. The van der Waals surface area contributed by atoms with Crippen molar-refractivity contribution in [1.29, 1.82) is 0 Å². The van der Waals surface area contributed by atoms with Gasteiger partial charge in [0.25, 0.3) is 0 Å². The molecule has 0 atom stereocenters. The van der Waals surface area contributed by atoms with Gasteiger partial charge in [0.2, 0.25) is 0 Å². The molecule has 0 aliphatic rings. The zero-order valence-electron chi connectivity index (χ0n) is 24.5. The van der Waals surface area contributed by atoms with Gasteiger partial charge in [0.15, 0.2) is 11.4 Å². The number of para-hydroxylation sites is 2. The van der Waals surface area contributed by atoms with Crippen LogP contribution in [0.1, 0.15) is 11.4 Å². The number of halogens is 9. The summed E-state index contributed by atoms with van der Waals surface area (Å²) in [4.78, 5) is 0.869. The van der Waals surface area contributed by atoms with Crippen LogP contribution in [0.5, 0.6) is 0 Å². The summed E-state index contributed by atoms with van der Waals surface area (Å²) in [7, 11) is -4.59. The van der Waals surface area contributed by atoms with Crippen LogP contribution in [0, 0.1) is 0 Å². The lowest BCUT2D eigenvalue weighted by atomic mass is 10.2. The van der Waals surface area contributed by atoms with E-state index < -0.39 is 43.2 Å². The summed E-state index contributed by atoms with van der Waals surface area (Å²) < 4.78 is 136. The summed E-state index contributed by atoms with van der Waals surface area (Å²) in [5.74, 6) is 0. The lowest BCUT2D eigenvalue weighted by Gasteiger charge is -2.08. The molecule has 2 N–H and O–H groups in total. The fourth-order valence-corrected chi connectivity index (χ4v) is 6.85. The fourth-order valence-electron chi connectivity index (χ4n) is 4.03. The highest BCUT2D eigenvalue weighted by Gasteiger charge is 2.37. The molecular formula is C28H17Cl3F6N4O6S4. The number of nitrogens with zero attached hydrogens (tertiary/aromatic N) is 4. The van der Waals surface area contributed by atoms with Gasteiger partial charge in [0.1, 0.15) is 4.21 Å². The Morgan fingerprint density at radius 1 is 0.647 bits per heavy atom. The van der Waals surface area contributed by atoms with E-state index in [0.29, 0.717) is 32.6 Å². The molecule has 4 heterocycles. The topological polar surface area (TPSA) is 144 Å². The molecular weight excluding hydrogens is 837 g/mol. The molecule has 0 radical (unpaired) electrons. The van der Waals surface area contributed by atoms with Crippen LogP contribution in [-0.2, 0) is 31.8 Å². The molecule has 0 spiro atoms. The van der Waals surface area contributed by atoms with E-state index in [4.69, 9.17) is 40.7 Å². The molecule has 0 aliphatic heterocycles. The van der Waals surface area contributed by atoms with Gasteiger partial charge in [0.05, 0.1) is 42.6 Å². The normalized spacial score (nSPS) is 12.1. The average Bonchev–Trinajstić information content (AvgIpc) is 3.81. The summed E-state index contributed by atoms with van der Waals surface area (Å²) in [5.41, 5.74) is -1.10. The summed E-state index contributed by atoms with van der Waals surface area (Å²) in [6.07, 6.45) is -9.19. The maximum Gasteiger partial charge on any atom is 0.435 e. The van der Waals surface area contributed by atoms with E-state index in [1.807, 2.05) is 0 Å². The first-order chi connectivity index (χ1) is 23.5. The van der Waals surface area contributed by atoms with Gasteiger partial charge in [-0.2, -0.15) is 53.4 Å². The highest BCUT2D eigenvalue weighted by atomic mass is 35.7. The van der Waals surface area contributed by atoms with Gasteiger partial charge in [-0.3, -0.25) is 9.11 Å². The van der Waals surface area contributed by atoms with Crippen LogP contribution >= 0.6 is 56.6 Å². The third-order valence-electron chi connectivity index (χ3n) is 6.02. The average molecular weight is 854 g/mol. The predicted octanol–water partition coefficient (Wildman–Crippen LogP) is 9.82. The highest BCUT2D eigenvalue weighted by Crippen LogP contribution is 2.38. The van der Waals surface area contributed by atoms with Crippen molar-refractivity contribution in [2.75, 3.05) is 0 Å².